The van der Waals surface area contributed by atoms with Gasteiger partial charge in [-0.1, -0.05) is 5.11 Å². The van der Waals surface area contributed by atoms with Gasteiger partial charge in [0.05, 0.1) is 12.6 Å². The molecule has 0 aromatic heterocycles. The number of nitrogens with zero attached hydrogens (tertiary/aromatic N) is 3. The van der Waals surface area contributed by atoms with Gasteiger partial charge in [-0.25, -0.2) is 9.18 Å². The minimum Gasteiger partial charge on any atom is -0.444 e. The summed E-state index contributed by atoms with van der Waals surface area (Å²) in [6, 6.07) is 2.53. The fourth-order valence-electron chi connectivity index (χ4n) is 1.60. The first-order valence-electron chi connectivity index (χ1n) is 6.21. The van der Waals surface area contributed by atoms with E-state index in [0.717, 1.165) is 12.1 Å². The maximum atomic E-state index is 13.3. The zero-order valence-corrected chi connectivity index (χ0v) is 12.0. The standard InChI is InChI=1S/C13H17FN4O3/c1-13(2,3)21-12(20)16-10-5-4-8(14)6-9(10)11(7-19)17-18-15/h4-6,11,19H,7H2,1-3H3,(H,16,20). The van der Waals surface area contributed by atoms with Crippen LogP contribution < -0.4 is 5.32 Å². The summed E-state index contributed by atoms with van der Waals surface area (Å²) >= 11 is 0. The van der Waals surface area contributed by atoms with Gasteiger partial charge >= 0.3 is 6.09 Å². The number of azide groups is 1. The first-order chi connectivity index (χ1) is 9.76. The van der Waals surface area contributed by atoms with E-state index in [4.69, 9.17) is 10.3 Å². The molecule has 0 bridgehead atoms. The predicted molar refractivity (Wildman–Crippen MR) is 75.2 cm³/mol. The van der Waals surface area contributed by atoms with Crippen LogP contribution in [0.5, 0.6) is 0 Å². The van der Waals surface area contributed by atoms with Crippen LogP contribution in [-0.2, 0) is 4.74 Å². The molecule has 0 fully saturated rings. The predicted octanol–water partition coefficient (Wildman–Crippen LogP) is 3.52. The van der Waals surface area contributed by atoms with Crippen molar-refractivity contribution in [1.29, 1.82) is 0 Å². The molecule has 0 saturated heterocycles. The van der Waals surface area contributed by atoms with E-state index in [1.807, 2.05) is 0 Å². The molecule has 1 unspecified atom stereocenters. The Labute approximate surface area is 121 Å². The molecule has 0 radical (unpaired) electrons. The van der Waals surface area contributed by atoms with Crippen LogP contribution in [0.1, 0.15) is 32.4 Å². The van der Waals surface area contributed by atoms with Crippen LogP contribution in [-0.4, -0.2) is 23.4 Å². The lowest BCUT2D eigenvalue weighted by molar-refractivity contribution is 0.0635. The molecule has 1 amide bonds. The summed E-state index contributed by atoms with van der Waals surface area (Å²) in [7, 11) is 0. The summed E-state index contributed by atoms with van der Waals surface area (Å²) in [6.07, 6.45) is -0.729. The Morgan fingerprint density at radius 1 is 1.57 bits per heavy atom. The maximum absolute atomic E-state index is 13.3. The molecule has 0 spiro atoms. The summed E-state index contributed by atoms with van der Waals surface area (Å²) < 4.78 is 18.4. The molecule has 0 aliphatic carbocycles. The molecule has 8 heteroatoms. The molecule has 0 aliphatic rings. The lowest BCUT2D eigenvalue weighted by Gasteiger charge is -2.21. The van der Waals surface area contributed by atoms with Crippen LogP contribution >= 0.6 is 0 Å². The highest BCUT2D eigenvalue weighted by molar-refractivity contribution is 5.86. The lowest BCUT2D eigenvalue weighted by atomic mass is 10.1. The number of hydrogen-bond donors (Lipinski definition) is 2. The van der Waals surface area contributed by atoms with Gasteiger partial charge in [0.1, 0.15) is 11.4 Å². The van der Waals surface area contributed by atoms with Gasteiger partial charge in [-0.3, -0.25) is 5.32 Å². The second-order valence-electron chi connectivity index (χ2n) is 5.26. The van der Waals surface area contributed by atoms with Crippen molar-refractivity contribution < 1.29 is 19.0 Å². The summed E-state index contributed by atoms with van der Waals surface area (Å²) in [5.74, 6) is -0.577. The van der Waals surface area contributed by atoms with Crippen molar-refractivity contribution >= 4 is 11.8 Å². The Kier molecular flexibility index (Phi) is 5.52. The normalized spacial score (nSPS) is 12.2. The number of aliphatic hydroxyl groups excluding tert-OH is 1. The topological polar surface area (TPSA) is 107 Å². The van der Waals surface area contributed by atoms with E-state index < -0.39 is 30.2 Å². The Balaban J connectivity index is 3.07. The Morgan fingerprint density at radius 3 is 2.76 bits per heavy atom. The van der Waals surface area contributed by atoms with Crippen LogP contribution in [0.3, 0.4) is 0 Å². The van der Waals surface area contributed by atoms with Gasteiger partial charge in [0.2, 0.25) is 0 Å². The van der Waals surface area contributed by atoms with Crippen molar-refractivity contribution in [3.8, 4) is 0 Å². The van der Waals surface area contributed by atoms with Gasteiger partial charge in [0, 0.05) is 10.6 Å². The molecular formula is C13H17FN4O3. The van der Waals surface area contributed by atoms with Gasteiger partial charge in [0.15, 0.2) is 0 Å². The summed E-state index contributed by atoms with van der Waals surface area (Å²) in [5, 5.41) is 15.0. The van der Waals surface area contributed by atoms with E-state index in [0.29, 0.717) is 0 Å². The third-order valence-corrected chi connectivity index (χ3v) is 2.37. The van der Waals surface area contributed by atoms with Crippen LogP contribution in [0.15, 0.2) is 23.3 Å². The van der Waals surface area contributed by atoms with Gasteiger partial charge in [-0.2, -0.15) is 0 Å². The fourth-order valence-corrected chi connectivity index (χ4v) is 1.60. The SMILES string of the molecule is CC(C)(C)OC(=O)Nc1ccc(F)cc1C(CO)N=[N+]=[N-]. The second kappa shape index (κ2) is 6.92. The van der Waals surface area contributed by atoms with Gasteiger partial charge in [-0.05, 0) is 50.1 Å². The van der Waals surface area contributed by atoms with Crippen molar-refractivity contribution in [3.05, 3.63) is 40.0 Å². The zero-order chi connectivity index (χ0) is 16.0. The molecule has 7 nitrogen and oxygen atoms in total. The number of nitrogens with one attached hydrogen (secondary N) is 1. The van der Waals surface area contributed by atoms with Crippen molar-refractivity contribution in [3.63, 3.8) is 0 Å². The van der Waals surface area contributed by atoms with Crippen LogP contribution in [0, 0.1) is 5.82 Å². The van der Waals surface area contributed by atoms with Gasteiger partial charge in [-0.15, -0.1) is 0 Å². The van der Waals surface area contributed by atoms with E-state index in [1.54, 1.807) is 20.8 Å². The average Bonchev–Trinajstić information content (AvgIpc) is 2.36. The third-order valence-electron chi connectivity index (χ3n) is 2.37. The number of rotatable bonds is 4. The number of hydrogen-bond acceptors (Lipinski definition) is 4. The van der Waals surface area contributed by atoms with Crippen LogP contribution in [0.25, 0.3) is 10.4 Å². The molecular weight excluding hydrogens is 279 g/mol. The average molecular weight is 296 g/mol. The molecule has 1 atom stereocenters. The fraction of sp³-hybridized carbons (Fsp3) is 0.462. The molecule has 1 aromatic carbocycles. The van der Waals surface area contributed by atoms with Crippen LogP contribution in [0.2, 0.25) is 0 Å². The Hall–Kier alpha value is -2.31. The lowest BCUT2D eigenvalue weighted by Crippen LogP contribution is -2.27. The molecule has 21 heavy (non-hydrogen) atoms. The van der Waals surface area contributed by atoms with Crippen molar-refractivity contribution in [2.75, 3.05) is 11.9 Å². The largest absolute Gasteiger partial charge is 0.444 e. The Bertz CT molecular complexity index is 565. The van der Waals surface area contributed by atoms with E-state index in [1.165, 1.54) is 6.07 Å². The summed E-state index contributed by atoms with van der Waals surface area (Å²) in [6.45, 7) is 4.59. The summed E-state index contributed by atoms with van der Waals surface area (Å²) in [4.78, 5) is 14.3. The number of carbonyl (C=O) groups excluding carboxylic acids is 1. The number of amides is 1. The quantitative estimate of drug-likeness (QED) is 0.504. The number of ether oxygens (including phenoxy) is 1. The Morgan fingerprint density at radius 2 is 2.24 bits per heavy atom. The van der Waals surface area contributed by atoms with Crippen molar-refractivity contribution in [1.82, 2.24) is 0 Å². The number of halogens is 1. The maximum Gasteiger partial charge on any atom is 0.412 e. The number of anilines is 1. The van der Waals surface area contributed by atoms with E-state index in [9.17, 15) is 14.3 Å². The molecule has 0 saturated carbocycles. The highest BCUT2D eigenvalue weighted by Gasteiger charge is 2.20. The monoisotopic (exact) mass is 296 g/mol. The molecule has 0 heterocycles. The zero-order valence-electron chi connectivity index (χ0n) is 12.0. The highest BCUT2D eigenvalue weighted by Crippen LogP contribution is 2.27. The molecule has 0 aliphatic heterocycles. The van der Waals surface area contributed by atoms with Crippen LogP contribution in [0.4, 0.5) is 14.9 Å². The number of aliphatic hydroxyl groups is 1. The molecule has 114 valence electrons. The number of carbonyl (C=O) groups is 1. The minimum atomic E-state index is -1.00. The van der Waals surface area contributed by atoms with Crippen molar-refractivity contribution in [2.24, 2.45) is 5.11 Å². The molecule has 1 rings (SSSR count). The summed E-state index contributed by atoms with van der Waals surface area (Å²) in [5.41, 5.74) is 8.15. The van der Waals surface area contributed by atoms with E-state index in [2.05, 4.69) is 15.3 Å². The third kappa shape index (κ3) is 5.29. The molecule has 2 N–H and O–H groups in total. The van der Waals surface area contributed by atoms with Gasteiger partial charge < -0.3 is 9.84 Å². The van der Waals surface area contributed by atoms with E-state index >= 15 is 0 Å². The smallest absolute Gasteiger partial charge is 0.412 e. The van der Waals surface area contributed by atoms with E-state index in [-0.39, 0.29) is 11.3 Å². The first-order valence-corrected chi connectivity index (χ1v) is 6.21. The van der Waals surface area contributed by atoms with Gasteiger partial charge in [0.25, 0.3) is 0 Å². The minimum absolute atomic E-state index is 0.168. The second-order valence-corrected chi connectivity index (χ2v) is 5.26. The number of benzene rings is 1. The molecule has 1 aromatic rings. The first kappa shape index (κ1) is 16.7. The van der Waals surface area contributed by atoms with Crippen molar-refractivity contribution in [2.45, 2.75) is 32.4 Å². The highest BCUT2D eigenvalue weighted by atomic mass is 19.1.